The first-order valence-electron chi connectivity index (χ1n) is 4.49. The molecule has 1 aromatic rings. The van der Waals surface area contributed by atoms with Crippen molar-refractivity contribution in [1.82, 2.24) is 0 Å². The van der Waals surface area contributed by atoms with Crippen LogP contribution in [0.1, 0.15) is 20.8 Å². The second kappa shape index (κ2) is 4.13. The first-order chi connectivity index (χ1) is 6.44. The molecule has 78 valence electrons. The number of hydrogen-bond acceptors (Lipinski definition) is 3. The molecule has 0 atom stereocenters. The Morgan fingerprint density at radius 2 is 1.93 bits per heavy atom. The van der Waals surface area contributed by atoms with Crippen molar-refractivity contribution in [2.75, 3.05) is 6.26 Å². The Kier molecular flexibility index (Phi) is 3.32. The predicted octanol–water partition coefficient (Wildman–Crippen LogP) is 3.29. The van der Waals surface area contributed by atoms with Crippen molar-refractivity contribution < 1.29 is 9.84 Å². The number of aromatic hydroxyl groups is 1. The molecule has 1 N–H and O–H groups in total. The molecule has 0 spiro atoms. The highest BCUT2D eigenvalue weighted by atomic mass is 32.2. The van der Waals surface area contributed by atoms with E-state index < -0.39 is 0 Å². The van der Waals surface area contributed by atoms with E-state index in [2.05, 4.69) is 0 Å². The summed E-state index contributed by atoms with van der Waals surface area (Å²) in [4.78, 5) is 0.958. The van der Waals surface area contributed by atoms with Crippen LogP contribution in [-0.4, -0.2) is 17.0 Å². The van der Waals surface area contributed by atoms with Crippen molar-refractivity contribution in [2.24, 2.45) is 0 Å². The van der Waals surface area contributed by atoms with Gasteiger partial charge in [-0.25, -0.2) is 0 Å². The smallest absolute Gasteiger partial charge is 0.175 e. The lowest BCUT2D eigenvalue weighted by molar-refractivity contribution is 0.121. The summed E-state index contributed by atoms with van der Waals surface area (Å²) in [5.41, 5.74) is -0.288. The van der Waals surface area contributed by atoms with Gasteiger partial charge in [0, 0.05) is 0 Å². The van der Waals surface area contributed by atoms with Crippen molar-refractivity contribution in [3.8, 4) is 11.5 Å². The first-order valence-corrected chi connectivity index (χ1v) is 5.71. The fourth-order valence-corrected chi connectivity index (χ4v) is 1.62. The summed E-state index contributed by atoms with van der Waals surface area (Å²) in [6.45, 7) is 5.89. The van der Waals surface area contributed by atoms with Crippen molar-refractivity contribution >= 4 is 11.8 Å². The molecule has 3 heteroatoms. The zero-order valence-electron chi connectivity index (χ0n) is 9.00. The minimum atomic E-state index is -0.288. The van der Waals surface area contributed by atoms with Gasteiger partial charge in [-0.15, -0.1) is 11.8 Å². The van der Waals surface area contributed by atoms with Crippen LogP contribution >= 0.6 is 11.8 Å². The van der Waals surface area contributed by atoms with Crippen LogP contribution in [0.2, 0.25) is 0 Å². The highest BCUT2D eigenvalue weighted by Crippen LogP contribution is 2.37. The normalized spacial score (nSPS) is 11.4. The zero-order chi connectivity index (χ0) is 10.8. The van der Waals surface area contributed by atoms with Crippen LogP contribution in [0.5, 0.6) is 11.5 Å². The second-order valence-electron chi connectivity index (χ2n) is 4.02. The Morgan fingerprint density at radius 1 is 1.29 bits per heavy atom. The summed E-state index contributed by atoms with van der Waals surface area (Å²) in [5.74, 6) is 0.777. The highest BCUT2D eigenvalue weighted by Gasteiger charge is 2.17. The summed E-state index contributed by atoms with van der Waals surface area (Å²) in [7, 11) is 0. The Balaban J connectivity index is 3.05. The number of ether oxygens (including phenoxy) is 1. The molecule has 0 heterocycles. The van der Waals surface area contributed by atoms with Gasteiger partial charge in [0.05, 0.1) is 4.90 Å². The van der Waals surface area contributed by atoms with Gasteiger partial charge in [-0.1, -0.05) is 6.07 Å². The van der Waals surface area contributed by atoms with Gasteiger partial charge in [0.1, 0.15) is 5.60 Å². The van der Waals surface area contributed by atoms with E-state index in [-0.39, 0.29) is 11.4 Å². The second-order valence-corrected chi connectivity index (χ2v) is 4.87. The molecule has 0 aliphatic rings. The average molecular weight is 212 g/mol. The molecule has 0 amide bonds. The van der Waals surface area contributed by atoms with Gasteiger partial charge in [0.2, 0.25) is 0 Å². The number of phenolic OH excluding ortho intramolecular Hbond substituents is 1. The molecule has 0 saturated heterocycles. The summed E-state index contributed by atoms with van der Waals surface area (Å²) in [6, 6.07) is 5.39. The zero-order valence-corrected chi connectivity index (χ0v) is 9.81. The lowest BCUT2D eigenvalue weighted by Gasteiger charge is -2.23. The Bertz CT molecular complexity index is 316. The van der Waals surface area contributed by atoms with Gasteiger partial charge in [0.25, 0.3) is 0 Å². The predicted molar refractivity (Wildman–Crippen MR) is 60.3 cm³/mol. The molecule has 0 aromatic heterocycles. The molecule has 2 nitrogen and oxygen atoms in total. The highest BCUT2D eigenvalue weighted by molar-refractivity contribution is 7.98. The maximum Gasteiger partial charge on any atom is 0.175 e. The van der Waals surface area contributed by atoms with Crippen molar-refractivity contribution in [1.29, 1.82) is 0 Å². The third kappa shape index (κ3) is 2.84. The van der Waals surface area contributed by atoms with Crippen LogP contribution in [0.3, 0.4) is 0 Å². The average Bonchev–Trinajstić information content (AvgIpc) is 2.06. The number of para-hydroxylation sites is 1. The Morgan fingerprint density at radius 3 is 2.43 bits per heavy atom. The summed E-state index contributed by atoms with van der Waals surface area (Å²) in [6.07, 6.45) is 1.96. The van der Waals surface area contributed by atoms with Gasteiger partial charge in [-0.05, 0) is 39.2 Å². The molecule has 1 aromatic carbocycles. The molecule has 1 rings (SSSR count). The van der Waals surface area contributed by atoms with Crippen LogP contribution in [-0.2, 0) is 0 Å². The maximum absolute atomic E-state index is 9.65. The molecule has 0 unspecified atom stereocenters. The quantitative estimate of drug-likeness (QED) is 0.763. The molecule has 0 bridgehead atoms. The lowest BCUT2D eigenvalue weighted by Crippen LogP contribution is -2.23. The van der Waals surface area contributed by atoms with E-state index in [1.165, 1.54) is 0 Å². The third-order valence-corrected chi connectivity index (χ3v) is 2.35. The fraction of sp³-hybridized carbons (Fsp3) is 0.455. The van der Waals surface area contributed by atoms with Crippen LogP contribution in [0.4, 0.5) is 0 Å². The van der Waals surface area contributed by atoms with Crippen molar-refractivity contribution in [2.45, 2.75) is 31.3 Å². The minimum absolute atomic E-state index is 0.201. The van der Waals surface area contributed by atoms with Crippen LogP contribution in [0.15, 0.2) is 23.1 Å². The van der Waals surface area contributed by atoms with E-state index in [0.29, 0.717) is 5.75 Å². The largest absolute Gasteiger partial charge is 0.504 e. The van der Waals surface area contributed by atoms with Crippen LogP contribution in [0, 0.1) is 0 Å². The molecule has 0 saturated carbocycles. The van der Waals surface area contributed by atoms with Crippen LogP contribution in [0.25, 0.3) is 0 Å². The van der Waals surface area contributed by atoms with Crippen LogP contribution < -0.4 is 4.74 Å². The number of hydrogen-bond donors (Lipinski definition) is 1. The van der Waals surface area contributed by atoms with E-state index in [1.807, 2.05) is 39.2 Å². The summed E-state index contributed by atoms with van der Waals surface area (Å²) >= 11 is 1.57. The molecule has 0 aliphatic carbocycles. The summed E-state index contributed by atoms with van der Waals surface area (Å²) < 4.78 is 5.68. The van der Waals surface area contributed by atoms with Gasteiger partial charge in [-0.3, -0.25) is 0 Å². The number of thioether (sulfide) groups is 1. The fourth-order valence-electron chi connectivity index (χ4n) is 1.07. The van der Waals surface area contributed by atoms with E-state index in [1.54, 1.807) is 17.8 Å². The molecule has 0 fully saturated rings. The number of benzene rings is 1. The van der Waals surface area contributed by atoms with Gasteiger partial charge in [0.15, 0.2) is 11.5 Å². The Labute approximate surface area is 89.3 Å². The molecule has 0 radical (unpaired) electrons. The SMILES string of the molecule is CSc1cccc(O)c1OC(C)(C)C. The molecule has 14 heavy (non-hydrogen) atoms. The molecular weight excluding hydrogens is 196 g/mol. The molecule has 0 aliphatic heterocycles. The minimum Gasteiger partial charge on any atom is -0.504 e. The van der Waals surface area contributed by atoms with E-state index in [4.69, 9.17) is 4.74 Å². The van der Waals surface area contributed by atoms with E-state index >= 15 is 0 Å². The van der Waals surface area contributed by atoms with Crippen molar-refractivity contribution in [3.05, 3.63) is 18.2 Å². The van der Waals surface area contributed by atoms with Crippen molar-refractivity contribution in [3.63, 3.8) is 0 Å². The lowest BCUT2D eigenvalue weighted by atomic mass is 10.2. The monoisotopic (exact) mass is 212 g/mol. The van der Waals surface area contributed by atoms with Gasteiger partial charge >= 0.3 is 0 Å². The van der Waals surface area contributed by atoms with E-state index in [0.717, 1.165) is 4.90 Å². The maximum atomic E-state index is 9.65. The molecular formula is C11H16O2S. The number of phenols is 1. The van der Waals surface area contributed by atoms with Gasteiger partial charge < -0.3 is 9.84 Å². The third-order valence-electron chi connectivity index (χ3n) is 1.59. The topological polar surface area (TPSA) is 29.5 Å². The summed E-state index contributed by atoms with van der Waals surface area (Å²) in [5, 5.41) is 9.65. The van der Waals surface area contributed by atoms with Gasteiger partial charge in [-0.2, -0.15) is 0 Å². The Hall–Kier alpha value is -0.830. The first kappa shape index (κ1) is 11.2. The van der Waals surface area contributed by atoms with E-state index in [9.17, 15) is 5.11 Å². The standard InChI is InChI=1S/C11H16O2S/c1-11(2,3)13-10-8(12)6-5-7-9(10)14-4/h5-7,12H,1-4H3. The number of rotatable bonds is 2.